The molecule has 0 radical (unpaired) electrons. The third kappa shape index (κ3) is 1.86. The SMILES string of the molecule is O[C@@H]1C[C@H]2c3cc(F)ccc3CN[C@H]2C[C@@H]1O. The molecule has 1 saturated carbocycles. The molecule has 0 spiro atoms. The molecule has 17 heavy (non-hydrogen) atoms. The third-order valence-corrected chi connectivity index (χ3v) is 3.98. The second-order valence-electron chi connectivity index (χ2n) is 5.04. The molecule has 0 saturated heterocycles. The Morgan fingerprint density at radius 1 is 1.18 bits per heavy atom. The average Bonchev–Trinajstić information content (AvgIpc) is 2.31. The lowest BCUT2D eigenvalue weighted by molar-refractivity contribution is -0.0274. The van der Waals surface area contributed by atoms with Crippen LogP contribution in [0, 0.1) is 5.82 Å². The molecule has 0 unspecified atom stereocenters. The van der Waals surface area contributed by atoms with Crippen molar-refractivity contribution in [3.8, 4) is 0 Å². The van der Waals surface area contributed by atoms with Crippen molar-refractivity contribution in [1.82, 2.24) is 5.32 Å². The molecule has 1 aliphatic heterocycles. The first-order chi connectivity index (χ1) is 8.15. The molecule has 3 nitrogen and oxygen atoms in total. The largest absolute Gasteiger partial charge is 0.390 e. The van der Waals surface area contributed by atoms with Gasteiger partial charge in [0.2, 0.25) is 0 Å². The Balaban J connectivity index is 1.96. The Morgan fingerprint density at radius 3 is 2.76 bits per heavy atom. The monoisotopic (exact) mass is 237 g/mol. The predicted molar refractivity (Wildman–Crippen MR) is 61.0 cm³/mol. The predicted octanol–water partition coefficient (Wildman–Crippen LogP) is 0.897. The normalized spacial score (nSPS) is 36.2. The second kappa shape index (κ2) is 4.05. The van der Waals surface area contributed by atoms with Crippen molar-refractivity contribution in [3.63, 3.8) is 0 Å². The van der Waals surface area contributed by atoms with Gasteiger partial charge in [0, 0.05) is 18.5 Å². The van der Waals surface area contributed by atoms with E-state index in [9.17, 15) is 14.6 Å². The zero-order chi connectivity index (χ0) is 12.0. The number of rotatable bonds is 0. The Hall–Kier alpha value is -0.970. The fraction of sp³-hybridized carbons (Fsp3) is 0.538. The molecule has 4 heteroatoms. The maximum Gasteiger partial charge on any atom is 0.123 e. The molecule has 1 aromatic rings. The Labute approximate surface area is 99.3 Å². The van der Waals surface area contributed by atoms with E-state index in [1.165, 1.54) is 6.07 Å². The minimum atomic E-state index is -0.702. The number of benzene rings is 1. The summed E-state index contributed by atoms with van der Waals surface area (Å²) in [6.07, 6.45) is -0.344. The first kappa shape index (κ1) is 11.1. The molecule has 1 fully saturated rings. The van der Waals surface area contributed by atoms with Gasteiger partial charge in [0.25, 0.3) is 0 Å². The molecule has 0 bridgehead atoms. The van der Waals surface area contributed by atoms with Gasteiger partial charge in [-0.2, -0.15) is 0 Å². The van der Waals surface area contributed by atoms with E-state index in [1.807, 2.05) is 0 Å². The number of hydrogen-bond donors (Lipinski definition) is 3. The summed E-state index contributed by atoms with van der Waals surface area (Å²) in [4.78, 5) is 0. The summed E-state index contributed by atoms with van der Waals surface area (Å²) in [5.74, 6) is -0.127. The van der Waals surface area contributed by atoms with Crippen LogP contribution in [0.3, 0.4) is 0 Å². The van der Waals surface area contributed by atoms with E-state index in [1.54, 1.807) is 12.1 Å². The summed E-state index contributed by atoms with van der Waals surface area (Å²) in [5, 5.41) is 22.7. The van der Waals surface area contributed by atoms with Crippen LogP contribution in [0.1, 0.15) is 29.9 Å². The summed E-state index contributed by atoms with van der Waals surface area (Å²) >= 11 is 0. The standard InChI is InChI=1S/C13H16FNO2/c14-8-2-1-7-6-15-11-5-13(17)12(16)4-10(11)9(7)3-8/h1-3,10-13,15-17H,4-6H2/t10-,11-,12+,13-/m0/s1. The second-order valence-corrected chi connectivity index (χ2v) is 5.04. The summed E-state index contributed by atoms with van der Waals surface area (Å²) in [5.41, 5.74) is 2.08. The third-order valence-electron chi connectivity index (χ3n) is 3.98. The molecule has 3 N–H and O–H groups in total. The smallest absolute Gasteiger partial charge is 0.123 e. The van der Waals surface area contributed by atoms with E-state index in [2.05, 4.69) is 5.32 Å². The average molecular weight is 237 g/mol. The van der Waals surface area contributed by atoms with Gasteiger partial charge in [0.05, 0.1) is 12.2 Å². The molecule has 1 aliphatic carbocycles. The number of aliphatic hydroxyl groups is 2. The van der Waals surface area contributed by atoms with E-state index in [-0.39, 0.29) is 17.8 Å². The topological polar surface area (TPSA) is 52.5 Å². The minimum absolute atomic E-state index is 0.104. The van der Waals surface area contributed by atoms with Gasteiger partial charge in [-0.15, -0.1) is 0 Å². The van der Waals surface area contributed by atoms with Crippen LogP contribution in [-0.4, -0.2) is 28.5 Å². The van der Waals surface area contributed by atoms with Crippen LogP contribution >= 0.6 is 0 Å². The Kier molecular flexibility index (Phi) is 2.65. The van der Waals surface area contributed by atoms with E-state index in [4.69, 9.17) is 0 Å². The highest BCUT2D eigenvalue weighted by Gasteiger charge is 2.38. The highest BCUT2D eigenvalue weighted by Crippen LogP contribution is 2.38. The van der Waals surface area contributed by atoms with Crippen molar-refractivity contribution >= 4 is 0 Å². The molecule has 92 valence electrons. The quantitative estimate of drug-likeness (QED) is 0.628. The van der Waals surface area contributed by atoms with Crippen molar-refractivity contribution in [2.45, 2.75) is 43.6 Å². The van der Waals surface area contributed by atoms with Crippen molar-refractivity contribution in [2.75, 3.05) is 0 Å². The zero-order valence-corrected chi connectivity index (χ0v) is 9.44. The number of halogens is 1. The van der Waals surface area contributed by atoms with E-state index >= 15 is 0 Å². The van der Waals surface area contributed by atoms with Gasteiger partial charge in [0.15, 0.2) is 0 Å². The fourth-order valence-corrected chi connectivity index (χ4v) is 3.05. The summed E-state index contributed by atoms with van der Waals surface area (Å²) in [7, 11) is 0. The summed E-state index contributed by atoms with van der Waals surface area (Å²) in [6.45, 7) is 0.708. The first-order valence-electron chi connectivity index (χ1n) is 6.03. The zero-order valence-electron chi connectivity index (χ0n) is 9.44. The van der Waals surface area contributed by atoms with Gasteiger partial charge >= 0.3 is 0 Å². The van der Waals surface area contributed by atoms with Crippen molar-refractivity contribution in [3.05, 3.63) is 35.1 Å². The highest BCUT2D eigenvalue weighted by atomic mass is 19.1. The lowest BCUT2D eigenvalue weighted by Crippen LogP contribution is -2.49. The molecular formula is C13H16FNO2. The fourth-order valence-electron chi connectivity index (χ4n) is 3.05. The van der Waals surface area contributed by atoms with Crippen molar-refractivity contribution < 1.29 is 14.6 Å². The van der Waals surface area contributed by atoms with Crippen molar-refractivity contribution in [2.24, 2.45) is 0 Å². The van der Waals surface area contributed by atoms with Gasteiger partial charge in [-0.25, -0.2) is 4.39 Å². The number of aliphatic hydroxyl groups excluding tert-OH is 2. The van der Waals surface area contributed by atoms with Crippen LogP contribution < -0.4 is 5.32 Å². The molecular weight excluding hydrogens is 221 g/mol. The van der Waals surface area contributed by atoms with Gasteiger partial charge in [-0.05, 0) is 36.1 Å². The van der Waals surface area contributed by atoms with Gasteiger partial charge in [0.1, 0.15) is 5.82 Å². The van der Waals surface area contributed by atoms with E-state index in [0.717, 1.165) is 11.1 Å². The number of fused-ring (bicyclic) bond motifs is 3. The van der Waals surface area contributed by atoms with Crippen LogP contribution in [-0.2, 0) is 6.54 Å². The van der Waals surface area contributed by atoms with E-state index < -0.39 is 12.2 Å². The van der Waals surface area contributed by atoms with Gasteiger partial charge in [-0.1, -0.05) is 6.07 Å². The van der Waals surface area contributed by atoms with Gasteiger partial charge < -0.3 is 15.5 Å². The lowest BCUT2D eigenvalue weighted by Gasteiger charge is -2.41. The maximum absolute atomic E-state index is 13.3. The lowest BCUT2D eigenvalue weighted by atomic mass is 9.74. The Bertz CT molecular complexity index is 437. The molecule has 3 rings (SSSR count). The molecule has 4 atom stereocenters. The van der Waals surface area contributed by atoms with Crippen LogP contribution in [0.4, 0.5) is 4.39 Å². The molecule has 1 aromatic carbocycles. The van der Waals surface area contributed by atoms with Gasteiger partial charge in [-0.3, -0.25) is 0 Å². The Morgan fingerprint density at radius 2 is 1.94 bits per heavy atom. The summed E-state index contributed by atoms with van der Waals surface area (Å²) in [6, 6.07) is 4.97. The van der Waals surface area contributed by atoms with Crippen LogP contribution in [0.15, 0.2) is 18.2 Å². The molecule has 2 aliphatic rings. The van der Waals surface area contributed by atoms with Crippen LogP contribution in [0.25, 0.3) is 0 Å². The van der Waals surface area contributed by atoms with Crippen LogP contribution in [0.5, 0.6) is 0 Å². The number of hydrogen-bond acceptors (Lipinski definition) is 3. The number of nitrogens with one attached hydrogen (secondary N) is 1. The molecule has 0 amide bonds. The molecule has 0 aromatic heterocycles. The minimum Gasteiger partial charge on any atom is -0.390 e. The summed E-state index contributed by atoms with van der Waals surface area (Å²) < 4.78 is 13.3. The highest BCUT2D eigenvalue weighted by molar-refractivity contribution is 5.35. The van der Waals surface area contributed by atoms with E-state index in [0.29, 0.717) is 19.4 Å². The first-order valence-corrected chi connectivity index (χ1v) is 6.03. The molecule has 1 heterocycles. The van der Waals surface area contributed by atoms with Crippen LogP contribution in [0.2, 0.25) is 0 Å². The van der Waals surface area contributed by atoms with Crippen molar-refractivity contribution in [1.29, 1.82) is 0 Å². The maximum atomic E-state index is 13.3.